The molecule has 35 heavy (non-hydrogen) atoms. The fraction of sp³-hybridized carbons (Fsp3) is 0.0800. The molecular formula is C25H18Cl3N3O4. The Hall–Kier alpha value is -3.52. The third-order valence-corrected chi connectivity index (χ3v) is 6.37. The van der Waals surface area contributed by atoms with Gasteiger partial charge in [0, 0.05) is 11.3 Å². The summed E-state index contributed by atoms with van der Waals surface area (Å²) in [6.07, 6.45) is 0. The molecule has 0 atom stereocenters. The van der Waals surface area contributed by atoms with Gasteiger partial charge >= 0.3 is 0 Å². The van der Waals surface area contributed by atoms with Crippen molar-refractivity contribution in [1.29, 1.82) is 0 Å². The number of nitrogens with zero attached hydrogens (tertiary/aromatic N) is 1. The van der Waals surface area contributed by atoms with Gasteiger partial charge in [-0.05, 0) is 55.0 Å². The molecule has 1 heterocycles. The molecule has 1 aliphatic rings. The Morgan fingerprint density at radius 2 is 1.69 bits per heavy atom. The van der Waals surface area contributed by atoms with E-state index in [1.54, 1.807) is 54.6 Å². The molecule has 4 rings (SSSR count). The Labute approximate surface area is 216 Å². The van der Waals surface area contributed by atoms with E-state index >= 15 is 0 Å². The zero-order valence-electron chi connectivity index (χ0n) is 18.5. The van der Waals surface area contributed by atoms with Crippen molar-refractivity contribution >= 4 is 69.6 Å². The van der Waals surface area contributed by atoms with Crippen molar-refractivity contribution in [3.05, 3.63) is 92.6 Å². The molecule has 0 aromatic heterocycles. The van der Waals surface area contributed by atoms with E-state index in [4.69, 9.17) is 39.5 Å². The van der Waals surface area contributed by atoms with Crippen LogP contribution in [0.3, 0.4) is 0 Å². The van der Waals surface area contributed by atoms with Gasteiger partial charge in [0.05, 0.1) is 28.5 Å². The van der Waals surface area contributed by atoms with Crippen molar-refractivity contribution in [2.75, 3.05) is 22.6 Å². The number of halogens is 3. The molecule has 2 N–H and O–H groups in total. The number of carbonyl (C=O) groups is 3. The first kappa shape index (κ1) is 24.6. The van der Waals surface area contributed by atoms with Crippen LogP contribution in [0.5, 0.6) is 5.75 Å². The second-order valence-corrected chi connectivity index (χ2v) is 8.73. The number of nitrogens with one attached hydrogen (secondary N) is 2. The Bertz CT molecular complexity index is 1400. The average molecular weight is 531 g/mol. The molecule has 0 unspecified atom stereocenters. The Balaban J connectivity index is 1.58. The van der Waals surface area contributed by atoms with E-state index in [0.717, 1.165) is 10.5 Å². The van der Waals surface area contributed by atoms with Crippen LogP contribution in [0.15, 0.2) is 71.4 Å². The number of carbonyl (C=O) groups excluding carboxylic acids is 3. The number of hydrogen-bond donors (Lipinski definition) is 2. The van der Waals surface area contributed by atoms with Gasteiger partial charge in [-0.15, -0.1) is 0 Å². The number of ether oxygens (including phenoxy) is 1. The fourth-order valence-electron chi connectivity index (χ4n) is 3.48. The Morgan fingerprint density at radius 3 is 2.43 bits per heavy atom. The minimum atomic E-state index is -0.687. The summed E-state index contributed by atoms with van der Waals surface area (Å²) in [5.74, 6) is -1.43. The highest BCUT2D eigenvalue weighted by atomic mass is 35.5. The highest BCUT2D eigenvalue weighted by molar-refractivity contribution is 6.53. The zero-order valence-corrected chi connectivity index (χ0v) is 20.8. The first-order chi connectivity index (χ1) is 16.7. The van der Waals surface area contributed by atoms with Crippen LogP contribution in [0.1, 0.15) is 15.9 Å². The number of methoxy groups -OCH3 is 1. The minimum absolute atomic E-state index is 0.115. The maximum Gasteiger partial charge on any atom is 0.283 e. The monoisotopic (exact) mass is 529 g/mol. The van der Waals surface area contributed by atoms with Gasteiger partial charge in [0.1, 0.15) is 16.5 Å². The van der Waals surface area contributed by atoms with Gasteiger partial charge in [0.25, 0.3) is 17.7 Å². The number of rotatable bonds is 6. The van der Waals surface area contributed by atoms with Crippen LogP contribution in [-0.2, 0) is 9.59 Å². The van der Waals surface area contributed by atoms with Crippen molar-refractivity contribution in [2.24, 2.45) is 0 Å². The van der Waals surface area contributed by atoms with E-state index in [-0.39, 0.29) is 27.0 Å². The first-order valence-electron chi connectivity index (χ1n) is 10.3. The highest BCUT2D eigenvalue weighted by Gasteiger charge is 2.40. The summed E-state index contributed by atoms with van der Waals surface area (Å²) in [5, 5.41) is 5.81. The molecule has 7 nitrogen and oxygen atoms in total. The van der Waals surface area contributed by atoms with Gasteiger partial charge < -0.3 is 15.4 Å². The van der Waals surface area contributed by atoms with Crippen LogP contribution in [0, 0.1) is 6.92 Å². The van der Waals surface area contributed by atoms with E-state index in [9.17, 15) is 14.4 Å². The van der Waals surface area contributed by atoms with Crippen molar-refractivity contribution < 1.29 is 19.1 Å². The molecule has 0 fully saturated rings. The van der Waals surface area contributed by atoms with Crippen molar-refractivity contribution in [3.8, 4) is 5.75 Å². The second-order valence-electron chi connectivity index (χ2n) is 7.57. The van der Waals surface area contributed by atoms with Crippen LogP contribution in [0.25, 0.3) is 0 Å². The highest BCUT2D eigenvalue weighted by Crippen LogP contribution is 2.36. The molecule has 10 heteroatoms. The lowest BCUT2D eigenvalue weighted by Gasteiger charge is -2.18. The van der Waals surface area contributed by atoms with Crippen LogP contribution >= 0.6 is 34.8 Å². The molecule has 0 radical (unpaired) electrons. The molecule has 3 amide bonds. The van der Waals surface area contributed by atoms with Crippen LogP contribution in [0.2, 0.25) is 10.0 Å². The van der Waals surface area contributed by atoms with Crippen LogP contribution < -0.4 is 20.3 Å². The van der Waals surface area contributed by atoms with E-state index in [1.165, 1.54) is 13.2 Å². The number of hydrogen-bond acceptors (Lipinski definition) is 5. The summed E-state index contributed by atoms with van der Waals surface area (Å²) in [7, 11) is 1.44. The maximum atomic E-state index is 13.2. The first-order valence-corrected chi connectivity index (χ1v) is 11.4. The fourth-order valence-corrected chi connectivity index (χ4v) is 4.04. The van der Waals surface area contributed by atoms with Gasteiger partial charge in [-0.25, -0.2) is 4.90 Å². The zero-order chi connectivity index (χ0) is 25.3. The second kappa shape index (κ2) is 10.00. The van der Waals surface area contributed by atoms with Gasteiger partial charge in [-0.2, -0.15) is 0 Å². The van der Waals surface area contributed by atoms with Gasteiger partial charge in [-0.3, -0.25) is 14.4 Å². The third-order valence-electron chi connectivity index (χ3n) is 5.20. The summed E-state index contributed by atoms with van der Waals surface area (Å²) >= 11 is 18.4. The quantitative estimate of drug-likeness (QED) is 0.382. The topological polar surface area (TPSA) is 87.7 Å². The lowest BCUT2D eigenvalue weighted by atomic mass is 10.1. The Kier molecular flexibility index (Phi) is 7.03. The Morgan fingerprint density at radius 1 is 0.943 bits per heavy atom. The molecular weight excluding hydrogens is 513 g/mol. The number of anilines is 3. The predicted octanol–water partition coefficient (Wildman–Crippen LogP) is 6.00. The number of imide groups is 1. The normalized spacial score (nSPS) is 13.3. The van der Waals surface area contributed by atoms with Crippen LogP contribution in [-0.4, -0.2) is 24.8 Å². The molecule has 0 bridgehead atoms. The summed E-state index contributed by atoms with van der Waals surface area (Å²) in [6.45, 7) is 1.83. The molecule has 0 spiro atoms. The molecule has 0 saturated carbocycles. The van der Waals surface area contributed by atoms with Crippen molar-refractivity contribution in [1.82, 2.24) is 0 Å². The molecule has 1 aliphatic heterocycles. The summed E-state index contributed by atoms with van der Waals surface area (Å²) in [6, 6.07) is 16.4. The van der Waals surface area contributed by atoms with E-state index in [1.807, 2.05) is 6.92 Å². The van der Waals surface area contributed by atoms with Gasteiger partial charge in [-0.1, -0.05) is 53.0 Å². The van der Waals surface area contributed by atoms with E-state index < -0.39 is 17.7 Å². The lowest BCUT2D eigenvalue weighted by molar-refractivity contribution is -0.120. The standard InChI is InChI=1S/C25H18Cl3N3O4/c1-13-9-10-19(35-2)18(11-13)31-24(33)21(28)22(25(31)34)29-15-6-3-5-14(12-15)23(32)30-17-8-4-7-16(26)20(17)27/h3-12,29H,1-2H3,(H,30,32). The molecule has 178 valence electrons. The third kappa shape index (κ3) is 4.84. The van der Waals surface area contributed by atoms with Gasteiger partial charge in [0.15, 0.2) is 0 Å². The van der Waals surface area contributed by atoms with Crippen molar-refractivity contribution in [2.45, 2.75) is 6.92 Å². The SMILES string of the molecule is COc1ccc(C)cc1N1C(=O)C(Cl)=C(Nc2cccc(C(=O)Nc3cccc(Cl)c3Cl)c2)C1=O. The van der Waals surface area contributed by atoms with Crippen molar-refractivity contribution in [3.63, 3.8) is 0 Å². The molecule has 0 saturated heterocycles. The number of benzene rings is 3. The number of amides is 3. The van der Waals surface area contributed by atoms with E-state index in [2.05, 4.69) is 10.6 Å². The average Bonchev–Trinajstić information content (AvgIpc) is 3.05. The largest absolute Gasteiger partial charge is 0.495 e. The minimum Gasteiger partial charge on any atom is -0.495 e. The smallest absolute Gasteiger partial charge is 0.283 e. The van der Waals surface area contributed by atoms with Crippen LogP contribution in [0.4, 0.5) is 17.1 Å². The number of aryl methyl sites for hydroxylation is 1. The van der Waals surface area contributed by atoms with Gasteiger partial charge in [0.2, 0.25) is 0 Å². The molecule has 3 aromatic rings. The van der Waals surface area contributed by atoms with E-state index in [0.29, 0.717) is 22.1 Å². The summed E-state index contributed by atoms with van der Waals surface area (Å²) in [4.78, 5) is 39.8. The maximum absolute atomic E-state index is 13.2. The molecule has 3 aromatic carbocycles. The predicted molar refractivity (Wildman–Crippen MR) is 138 cm³/mol. The lowest BCUT2D eigenvalue weighted by Crippen LogP contribution is -2.32. The molecule has 0 aliphatic carbocycles. The summed E-state index contributed by atoms with van der Waals surface area (Å²) < 4.78 is 5.31. The summed E-state index contributed by atoms with van der Waals surface area (Å²) in [5.41, 5.74) is 2.00.